The van der Waals surface area contributed by atoms with Gasteiger partial charge in [-0.1, -0.05) is 30.3 Å². The summed E-state index contributed by atoms with van der Waals surface area (Å²) >= 11 is 0. The van der Waals surface area contributed by atoms with Crippen molar-refractivity contribution in [2.75, 3.05) is 11.9 Å². The highest BCUT2D eigenvalue weighted by molar-refractivity contribution is 5.93. The fraction of sp³-hybridized carbons (Fsp3) is 0.174. The quantitative estimate of drug-likeness (QED) is 0.462. The Kier molecular flexibility index (Phi) is 5.24. The predicted molar refractivity (Wildman–Crippen MR) is 116 cm³/mol. The van der Waals surface area contributed by atoms with E-state index in [2.05, 4.69) is 49.9 Å². The van der Waals surface area contributed by atoms with Gasteiger partial charge in [0.15, 0.2) is 0 Å². The van der Waals surface area contributed by atoms with E-state index in [1.807, 2.05) is 38.2 Å². The SMILES string of the molecule is Cc1ccc(C)c(Nc2cc(C(=O)NCCc3c[nH]c4ccccc34)ncn2)c1. The molecule has 6 nitrogen and oxygen atoms in total. The van der Waals surface area contributed by atoms with Crippen LogP contribution in [0, 0.1) is 13.8 Å². The van der Waals surface area contributed by atoms with E-state index in [-0.39, 0.29) is 5.91 Å². The highest BCUT2D eigenvalue weighted by atomic mass is 16.1. The van der Waals surface area contributed by atoms with Crippen LogP contribution in [0.3, 0.4) is 0 Å². The third-order valence-corrected chi connectivity index (χ3v) is 4.91. The summed E-state index contributed by atoms with van der Waals surface area (Å²) in [5.74, 6) is 0.381. The van der Waals surface area contributed by atoms with Gasteiger partial charge in [-0.05, 0) is 49.1 Å². The molecule has 3 N–H and O–H groups in total. The van der Waals surface area contributed by atoms with E-state index in [1.165, 1.54) is 17.3 Å². The van der Waals surface area contributed by atoms with Crippen molar-refractivity contribution in [3.63, 3.8) is 0 Å². The average Bonchev–Trinajstić information content (AvgIpc) is 3.14. The third-order valence-electron chi connectivity index (χ3n) is 4.91. The Labute approximate surface area is 169 Å². The smallest absolute Gasteiger partial charge is 0.270 e. The molecule has 0 spiro atoms. The number of hydrogen-bond acceptors (Lipinski definition) is 4. The summed E-state index contributed by atoms with van der Waals surface area (Å²) in [5, 5.41) is 7.40. The summed E-state index contributed by atoms with van der Waals surface area (Å²) < 4.78 is 0. The van der Waals surface area contributed by atoms with Crippen molar-refractivity contribution >= 4 is 28.3 Å². The molecule has 146 valence electrons. The number of amides is 1. The van der Waals surface area contributed by atoms with E-state index in [1.54, 1.807) is 6.07 Å². The van der Waals surface area contributed by atoms with Crippen LogP contribution in [-0.4, -0.2) is 27.4 Å². The van der Waals surface area contributed by atoms with E-state index in [0.29, 0.717) is 18.1 Å². The topological polar surface area (TPSA) is 82.7 Å². The lowest BCUT2D eigenvalue weighted by molar-refractivity contribution is 0.0949. The number of rotatable bonds is 6. The molecule has 29 heavy (non-hydrogen) atoms. The lowest BCUT2D eigenvalue weighted by Crippen LogP contribution is -2.26. The minimum Gasteiger partial charge on any atom is -0.361 e. The zero-order chi connectivity index (χ0) is 20.2. The monoisotopic (exact) mass is 385 g/mol. The van der Waals surface area contributed by atoms with Gasteiger partial charge in [-0.2, -0.15) is 0 Å². The molecule has 0 radical (unpaired) electrons. The number of aryl methyl sites for hydroxylation is 2. The molecule has 0 atom stereocenters. The largest absolute Gasteiger partial charge is 0.361 e. The number of aromatic nitrogens is 3. The van der Waals surface area contributed by atoms with Crippen molar-refractivity contribution in [3.05, 3.63) is 83.4 Å². The first-order chi connectivity index (χ1) is 14.1. The van der Waals surface area contributed by atoms with Crippen LogP contribution in [-0.2, 0) is 6.42 Å². The molecule has 0 aliphatic rings. The maximum absolute atomic E-state index is 12.5. The molecule has 6 heteroatoms. The molecule has 0 saturated carbocycles. The highest BCUT2D eigenvalue weighted by Crippen LogP contribution is 2.21. The van der Waals surface area contributed by atoms with E-state index in [9.17, 15) is 4.79 Å². The molecule has 0 saturated heterocycles. The number of H-pyrrole nitrogens is 1. The number of fused-ring (bicyclic) bond motifs is 1. The van der Waals surface area contributed by atoms with Crippen LogP contribution in [0.4, 0.5) is 11.5 Å². The average molecular weight is 385 g/mol. The maximum atomic E-state index is 12.5. The first-order valence-corrected chi connectivity index (χ1v) is 9.59. The van der Waals surface area contributed by atoms with Gasteiger partial charge in [0.2, 0.25) is 0 Å². The van der Waals surface area contributed by atoms with Gasteiger partial charge in [-0.25, -0.2) is 9.97 Å². The number of nitrogens with zero attached hydrogens (tertiary/aromatic N) is 2. The number of hydrogen-bond donors (Lipinski definition) is 3. The van der Waals surface area contributed by atoms with E-state index in [0.717, 1.165) is 28.8 Å². The lowest BCUT2D eigenvalue weighted by atomic mass is 10.1. The summed E-state index contributed by atoms with van der Waals surface area (Å²) in [4.78, 5) is 24.1. The first kappa shape index (κ1) is 18.7. The Morgan fingerprint density at radius 2 is 1.93 bits per heavy atom. The van der Waals surface area contributed by atoms with Crippen LogP contribution in [0.2, 0.25) is 0 Å². The number of carbonyl (C=O) groups is 1. The summed E-state index contributed by atoms with van der Waals surface area (Å²) in [6.45, 7) is 4.60. The Balaban J connectivity index is 1.40. The number of nitrogens with one attached hydrogen (secondary N) is 3. The lowest BCUT2D eigenvalue weighted by Gasteiger charge is -2.10. The predicted octanol–water partition coefficient (Wildman–Crippen LogP) is 4.29. The second kappa shape index (κ2) is 8.14. The second-order valence-electron chi connectivity index (χ2n) is 7.10. The number of anilines is 2. The molecule has 0 aliphatic heterocycles. The Morgan fingerprint density at radius 1 is 1.07 bits per heavy atom. The number of aromatic amines is 1. The van der Waals surface area contributed by atoms with E-state index >= 15 is 0 Å². The molecule has 0 bridgehead atoms. The summed E-state index contributed by atoms with van der Waals surface area (Å²) in [5.41, 5.74) is 5.86. The van der Waals surface area contributed by atoms with Crippen molar-refractivity contribution < 1.29 is 4.79 Å². The maximum Gasteiger partial charge on any atom is 0.270 e. The van der Waals surface area contributed by atoms with Crippen molar-refractivity contribution in [2.45, 2.75) is 20.3 Å². The Morgan fingerprint density at radius 3 is 2.83 bits per heavy atom. The third kappa shape index (κ3) is 4.27. The van der Waals surface area contributed by atoms with Crippen molar-refractivity contribution in [2.24, 2.45) is 0 Å². The molecular weight excluding hydrogens is 362 g/mol. The zero-order valence-corrected chi connectivity index (χ0v) is 16.5. The van der Waals surface area contributed by atoms with Crippen molar-refractivity contribution in [3.8, 4) is 0 Å². The Hall–Kier alpha value is -3.67. The van der Waals surface area contributed by atoms with Gasteiger partial charge in [0.05, 0.1) is 0 Å². The van der Waals surface area contributed by atoms with E-state index in [4.69, 9.17) is 0 Å². The molecule has 2 heterocycles. The molecule has 2 aromatic carbocycles. The van der Waals surface area contributed by atoms with E-state index < -0.39 is 0 Å². The molecule has 0 unspecified atom stereocenters. The number of benzene rings is 2. The molecule has 4 rings (SSSR count). The van der Waals surface area contributed by atoms with Crippen LogP contribution in [0.5, 0.6) is 0 Å². The molecule has 2 aromatic heterocycles. The van der Waals surface area contributed by atoms with Crippen molar-refractivity contribution in [1.29, 1.82) is 0 Å². The van der Waals surface area contributed by atoms with Gasteiger partial charge < -0.3 is 15.6 Å². The first-order valence-electron chi connectivity index (χ1n) is 9.59. The van der Waals surface area contributed by atoms with Crippen LogP contribution in [0.1, 0.15) is 27.2 Å². The summed E-state index contributed by atoms with van der Waals surface area (Å²) in [6.07, 6.45) is 4.14. The number of para-hydroxylation sites is 1. The number of carbonyl (C=O) groups excluding carboxylic acids is 1. The minimum absolute atomic E-state index is 0.212. The standard InChI is InChI=1S/C23H23N5O/c1-15-7-8-16(2)20(11-15)28-22-12-21(26-14-27-22)23(29)24-10-9-17-13-25-19-6-4-3-5-18(17)19/h3-8,11-14,25H,9-10H2,1-2H3,(H,24,29)(H,26,27,28). The molecule has 1 amide bonds. The zero-order valence-electron chi connectivity index (χ0n) is 16.5. The molecule has 4 aromatic rings. The van der Waals surface area contributed by atoms with Gasteiger partial charge >= 0.3 is 0 Å². The highest BCUT2D eigenvalue weighted by Gasteiger charge is 2.10. The minimum atomic E-state index is -0.212. The second-order valence-corrected chi connectivity index (χ2v) is 7.10. The molecule has 0 fully saturated rings. The van der Waals surface area contributed by atoms with Gasteiger partial charge in [0.1, 0.15) is 17.8 Å². The van der Waals surface area contributed by atoms with Crippen LogP contribution < -0.4 is 10.6 Å². The van der Waals surface area contributed by atoms with Gasteiger partial charge in [0.25, 0.3) is 5.91 Å². The van der Waals surface area contributed by atoms with Crippen molar-refractivity contribution in [1.82, 2.24) is 20.3 Å². The molecular formula is C23H23N5O. The summed E-state index contributed by atoms with van der Waals surface area (Å²) in [7, 11) is 0. The summed E-state index contributed by atoms with van der Waals surface area (Å²) in [6, 6.07) is 16.0. The Bertz CT molecular complexity index is 1160. The fourth-order valence-corrected chi connectivity index (χ4v) is 3.30. The van der Waals surface area contributed by atoms with Gasteiger partial charge in [0, 0.05) is 35.4 Å². The fourth-order valence-electron chi connectivity index (χ4n) is 3.30. The molecule has 0 aliphatic carbocycles. The van der Waals surface area contributed by atoms with Gasteiger partial charge in [-0.15, -0.1) is 0 Å². The van der Waals surface area contributed by atoms with Gasteiger partial charge in [-0.3, -0.25) is 4.79 Å². The normalized spacial score (nSPS) is 10.8. The van der Waals surface area contributed by atoms with Crippen LogP contribution >= 0.6 is 0 Å². The van der Waals surface area contributed by atoms with Crippen LogP contribution in [0.25, 0.3) is 10.9 Å². The van der Waals surface area contributed by atoms with Crippen LogP contribution in [0.15, 0.2) is 61.1 Å².